The maximum absolute atomic E-state index is 6.24. The standard InChI is InChI=1S/C15H16N3/c1-11-7-3-4-8-12(11)15-17(2)13-9-5-6-10-14(13)18(15)16/h3-10H,16H2,1-2H3/q+1. The highest BCUT2D eigenvalue weighted by atomic mass is 15.3. The molecule has 0 aliphatic carbocycles. The van der Waals surface area contributed by atoms with Crippen molar-refractivity contribution in [2.75, 3.05) is 5.84 Å². The second-order valence-electron chi connectivity index (χ2n) is 4.56. The fourth-order valence-electron chi connectivity index (χ4n) is 2.48. The normalized spacial score (nSPS) is 11.0. The second-order valence-corrected chi connectivity index (χ2v) is 4.56. The molecule has 0 atom stereocenters. The molecular weight excluding hydrogens is 222 g/mol. The van der Waals surface area contributed by atoms with Gasteiger partial charge in [-0.15, -0.1) is 4.68 Å². The maximum Gasteiger partial charge on any atom is 0.313 e. The summed E-state index contributed by atoms with van der Waals surface area (Å²) in [5.74, 6) is 7.26. The Morgan fingerprint density at radius 2 is 1.67 bits per heavy atom. The summed E-state index contributed by atoms with van der Waals surface area (Å²) in [6.07, 6.45) is 0. The van der Waals surface area contributed by atoms with Gasteiger partial charge in [0.1, 0.15) is 0 Å². The van der Waals surface area contributed by atoms with Crippen LogP contribution in [0.25, 0.3) is 22.4 Å². The predicted octanol–water partition coefficient (Wildman–Crippen LogP) is 2.16. The van der Waals surface area contributed by atoms with Gasteiger partial charge in [0.05, 0.1) is 12.6 Å². The number of fused-ring (bicyclic) bond motifs is 1. The minimum Gasteiger partial charge on any atom is -0.268 e. The first-order valence-corrected chi connectivity index (χ1v) is 6.00. The van der Waals surface area contributed by atoms with E-state index in [2.05, 4.69) is 29.7 Å². The van der Waals surface area contributed by atoms with Gasteiger partial charge in [-0.3, -0.25) is 5.84 Å². The van der Waals surface area contributed by atoms with Crippen molar-refractivity contribution in [1.29, 1.82) is 0 Å². The van der Waals surface area contributed by atoms with Crippen LogP contribution in [-0.4, -0.2) is 4.57 Å². The third-order valence-corrected chi connectivity index (χ3v) is 3.43. The van der Waals surface area contributed by atoms with Crippen molar-refractivity contribution in [2.45, 2.75) is 6.92 Å². The van der Waals surface area contributed by atoms with E-state index in [4.69, 9.17) is 5.84 Å². The van der Waals surface area contributed by atoms with E-state index in [0.29, 0.717) is 0 Å². The van der Waals surface area contributed by atoms with Crippen LogP contribution in [0.1, 0.15) is 5.56 Å². The molecular formula is C15H16N3+. The lowest BCUT2D eigenvalue weighted by atomic mass is 10.1. The summed E-state index contributed by atoms with van der Waals surface area (Å²) in [6.45, 7) is 2.10. The second kappa shape index (κ2) is 3.88. The van der Waals surface area contributed by atoms with E-state index in [1.54, 1.807) is 4.68 Å². The van der Waals surface area contributed by atoms with Gasteiger partial charge in [0.2, 0.25) is 0 Å². The van der Waals surface area contributed by atoms with E-state index in [1.165, 1.54) is 11.1 Å². The molecule has 0 radical (unpaired) electrons. The third-order valence-electron chi connectivity index (χ3n) is 3.43. The molecule has 0 unspecified atom stereocenters. The van der Waals surface area contributed by atoms with Gasteiger partial charge in [-0.05, 0) is 30.7 Å². The number of imidazole rings is 1. The Balaban J connectivity index is 2.40. The van der Waals surface area contributed by atoms with Crippen LogP contribution in [0.5, 0.6) is 0 Å². The highest BCUT2D eigenvalue weighted by molar-refractivity contribution is 5.76. The SMILES string of the molecule is Cc1ccccc1-c1n(C)c2ccccc2[n+]1N. The summed E-state index contributed by atoms with van der Waals surface area (Å²) in [7, 11) is 2.05. The minimum absolute atomic E-state index is 1.02. The first-order chi connectivity index (χ1) is 8.70. The average Bonchev–Trinajstić information content (AvgIpc) is 2.64. The van der Waals surface area contributed by atoms with E-state index in [9.17, 15) is 0 Å². The number of hydrogen-bond acceptors (Lipinski definition) is 1. The zero-order valence-electron chi connectivity index (χ0n) is 10.6. The van der Waals surface area contributed by atoms with Crippen molar-refractivity contribution in [2.24, 2.45) is 7.05 Å². The molecule has 0 amide bonds. The first kappa shape index (κ1) is 10.8. The van der Waals surface area contributed by atoms with Gasteiger partial charge >= 0.3 is 5.82 Å². The van der Waals surface area contributed by atoms with Crippen LogP contribution in [0.3, 0.4) is 0 Å². The van der Waals surface area contributed by atoms with Gasteiger partial charge in [0, 0.05) is 0 Å². The summed E-state index contributed by atoms with van der Waals surface area (Å²) in [5.41, 5.74) is 4.57. The summed E-state index contributed by atoms with van der Waals surface area (Å²) in [6, 6.07) is 16.5. The van der Waals surface area contributed by atoms with Crippen molar-refractivity contribution >= 4 is 11.0 Å². The molecule has 1 heterocycles. The van der Waals surface area contributed by atoms with Crippen LogP contribution in [0.15, 0.2) is 48.5 Å². The average molecular weight is 238 g/mol. The Morgan fingerprint density at radius 1 is 1.00 bits per heavy atom. The molecule has 0 spiro atoms. The van der Waals surface area contributed by atoms with Crippen molar-refractivity contribution in [3.8, 4) is 11.4 Å². The van der Waals surface area contributed by atoms with E-state index in [1.807, 2.05) is 37.4 Å². The lowest BCUT2D eigenvalue weighted by Crippen LogP contribution is -2.45. The lowest BCUT2D eigenvalue weighted by Gasteiger charge is -2.01. The van der Waals surface area contributed by atoms with Crippen LogP contribution in [-0.2, 0) is 7.05 Å². The molecule has 3 heteroatoms. The van der Waals surface area contributed by atoms with Crippen LogP contribution in [0, 0.1) is 6.92 Å². The predicted molar refractivity (Wildman–Crippen MR) is 73.4 cm³/mol. The molecule has 0 bridgehead atoms. The molecule has 3 nitrogen and oxygen atoms in total. The third kappa shape index (κ3) is 1.40. The van der Waals surface area contributed by atoms with Gasteiger partial charge in [0.15, 0.2) is 11.0 Å². The first-order valence-electron chi connectivity index (χ1n) is 6.00. The minimum atomic E-state index is 1.02. The number of nitrogens with two attached hydrogens (primary N) is 1. The van der Waals surface area contributed by atoms with E-state index in [-0.39, 0.29) is 0 Å². The molecule has 2 aromatic carbocycles. The summed E-state index contributed by atoms with van der Waals surface area (Å²) in [4.78, 5) is 0. The number of nitrogens with zero attached hydrogens (tertiary/aromatic N) is 2. The van der Waals surface area contributed by atoms with Crippen molar-refractivity contribution in [3.63, 3.8) is 0 Å². The Morgan fingerprint density at radius 3 is 2.39 bits per heavy atom. The number of hydrogen-bond donors (Lipinski definition) is 1. The molecule has 1 aromatic heterocycles. The molecule has 0 saturated carbocycles. The van der Waals surface area contributed by atoms with Crippen LogP contribution < -0.4 is 10.5 Å². The van der Waals surface area contributed by atoms with E-state index < -0.39 is 0 Å². The summed E-state index contributed by atoms with van der Waals surface area (Å²) in [5, 5.41) is 0. The molecule has 2 N–H and O–H groups in total. The number of nitrogen functional groups attached to an aromatic ring is 1. The molecule has 0 aliphatic heterocycles. The maximum atomic E-state index is 6.24. The van der Waals surface area contributed by atoms with Gasteiger partial charge in [-0.25, -0.2) is 4.57 Å². The summed E-state index contributed by atoms with van der Waals surface area (Å²) < 4.78 is 3.90. The van der Waals surface area contributed by atoms with Crippen LogP contribution >= 0.6 is 0 Å². The molecule has 18 heavy (non-hydrogen) atoms. The van der Waals surface area contributed by atoms with Gasteiger partial charge in [-0.1, -0.05) is 30.3 Å². The van der Waals surface area contributed by atoms with Crippen LogP contribution in [0.2, 0.25) is 0 Å². The topological polar surface area (TPSA) is 34.8 Å². The largest absolute Gasteiger partial charge is 0.313 e. The van der Waals surface area contributed by atoms with E-state index in [0.717, 1.165) is 16.9 Å². The highest BCUT2D eigenvalue weighted by Gasteiger charge is 2.23. The Hall–Kier alpha value is -2.29. The van der Waals surface area contributed by atoms with Crippen molar-refractivity contribution in [1.82, 2.24) is 4.57 Å². The quantitative estimate of drug-likeness (QED) is 0.511. The van der Waals surface area contributed by atoms with Crippen LogP contribution in [0.4, 0.5) is 0 Å². The smallest absolute Gasteiger partial charge is 0.268 e. The lowest BCUT2D eigenvalue weighted by molar-refractivity contribution is -0.600. The van der Waals surface area contributed by atoms with Crippen molar-refractivity contribution in [3.05, 3.63) is 54.1 Å². The Bertz CT molecular complexity index is 687. The Kier molecular flexibility index (Phi) is 2.33. The van der Waals surface area contributed by atoms with E-state index >= 15 is 0 Å². The number of aromatic nitrogens is 2. The van der Waals surface area contributed by atoms with Gasteiger partial charge < -0.3 is 0 Å². The molecule has 90 valence electrons. The van der Waals surface area contributed by atoms with Gasteiger partial charge in [0.25, 0.3) is 0 Å². The highest BCUT2D eigenvalue weighted by Crippen LogP contribution is 2.23. The molecule has 0 saturated heterocycles. The molecule has 3 aromatic rings. The van der Waals surface area contributed by atoms with Crippen molar-refractivity contribution < 1.29 is 4.68 Å². The zero-order chi connectivity index (χ0) is 12.7. The fourth-order valence-corrected chi connectivity index (χ4v) is 2.48. The number of para-hydroxylation sites is 2. The number of benzene rings is 2. The monoisotopic (exact) mass is 238 g/mol. The summed E-state index contributed by atoms with van der Waals surface area (Å²) >= 11 is 0. The number of aryl methyl sites for hydroxylation is 2. The molecule has 0 fully saturated rings. The fraction of sp³-hybridized carbons (Fsp3) is 0.133. The van der Waals surface area contributed by atoms with Gasteiger partial charge in [-0.2, -0.15) is 0 Å². The molecule has 0 aliphatic rings. The number of rotatable bonds is 1. The zero-order valence-corrected chi connectivity index (χ0v) is 10.6. The molecule has 3 rings (SSSR count). The Labute approximate surface area is 106 Å².